The zero-order chi connectivity index (χ0) is 27.7. The smallest absolute Gasteiger partial charge is 0.411 e. The average molecular weight is 553 g/mol. The number of benzene rings is 1. The van der Waals surface area contributed by atoms with Gasteiger partial charge in [-0.15, -0.1) is 11.3 Å². The molecule has 0 saturated heterocycles. The quantitative estimate of drug-likeness (QED) is 0.476. The first-order chi connectivity index (χ1) is 17.1. The van der Waals surface area contributed by atoms with Crippen LogP contribution in [0.2, 0.25) is 0 Å². The van der Waals surface area contributed by atoms with E-state index in [9.17, 15) is 23.1 Å². The molecule has 0 spiro atoms. The summed E-state index contributed by atoms with van der Waals surface area (Å²) in [6, 6.07) is 4.60. The Morgan fingerprint density at radius 2 is 1.86 bits per heavy atom. The van der Waals surface area contributed by atoms with Crippen LogP contribution in [-0.4, -0.2) is 59.7 Å². The minimum Gasteiger partial charge on any atom is -0.447 e. The van der Waals surface area contributed by atoms with E-state index in [0.29, 0.717) is 30.1 Å². The van der Waals surface area contributed by atoms with Crippen LogP contribution in [0.15, 0.2) is 23.1 Å². The Bertz CT molecular complexity index is 1260. The zero-order valence-corrected chi connectivity index (χ0v) is 23.9. The number of amides is 2. The van der Waals surface area contributed by atoms with Crippen molar-refractivity contribution in [3.05, 3.63) is 28.8 Å². The number of rotatable bonds is 7. The van der Waals surface area contributed by atoms with Gasteiger partial charge in [-0.25, -0.2) is 22.9 Å². The molecule has 0 saturated carbocycles. The van der Waals surface area contributed by atoms with Gasteiger partial charge < -0.3 is 14.7 Å². The Kier molecular flexibility index (Phi) is 8.68. The van der Waals surface area contributed by atoms with Crippen LogP contribution in [0, 0.1) is 5.92 Å². The molecule has 2 amide bonds. The number of aliphatic hydroxyl groups excluding tert-OH is 1. The zero-order valence-electron chi connectivity index (χ0n) is 22.3. The molecular weight excluding hydrogens is 516 g/mol. The number of anilines is 1. The Hall–Kier alpha value is -2.54. The molecule has 1 aromatic carbocycles. The molecular formula is C25H36N4O6S2. The van der Waals surface area contributed by atoms with Crippen LogP contribution in [0.4, 0.5) is 10.5 Å². The maximum atomic E-state index is 13.4. The molecule has 0 radical (unpaired) electrons. The monoisotopic (exact) mass is 552 g/mol. The topological polar surface area (TPSA) is 138 Å². The first-order valence-electron chi connectivity index (χ1n) is 12.2. The fourth-order valence-electron chi connectivity index (χ4n) is 3.79. The lowest BCUT2D eigenvalue weighted by atomic mass is 10.0. The SMILES string of the molecule is CC(C)OC(=O)Nc1ccc(-c2nc3c(s2)CN(C(=O)C(O)C(C)C)CC3)c(S(=O)(=O)NC(C)(C)C)c1. The molecule has 204 valence electrons. The van der Waals surface area contributed by atoms with Crippen molar-refractivity contribution < 1.29 is 27.9 Å². The third kappa shape index (κ3) is 7.28. The normalized spacial score (nSPS) is 15.0. The number of thiazole rings is 1. The third-order valence-corrected chi connectivity index (χ3v) is 8.37. The molecule has 3 rings (SSSR count). The summed E-state index contributed by atoms with van der Waals surface area (Å²) in [7, 11) is -4.00. The van der Waals surface area contributed by atoms with Crippen molar-refractivity contribution in [1.29, 1.82) is 0 Å². The van der Waals surface area contributed by atoms with E-state index in [1.54, 1.807) is 65.5 Å². The highest BCUT2D eigenvalue weighted by Gasteiger charge is 2.31. The van der Waals surface area contributed by atoms with Crippen LogP contribution in [0.5, 0.6) is 0 Å². The van der Waals surface area contributed by atoms with Gasteiger partial charge in [-0.05, 0) is 58.7 Å². The predicted octanol–water partition coefficient (Wildman–Crippen LogP) is 3.75. The van der Waals surface area contributed by atoms with Gasteiger partial charge in [-0.3, -0.25) is 10.1 Å². The number of aliphatic hydroxyl groups is 1. The van der Waals surface area contributed by atoms with Crippen molar-refractivity contribution in [3.8, 4) is 10.6 Å². The molecule has 2 aromatic rings. The van der Waals surface area contributed by atoms with Crippen LogP contribution in [0.25, 0.3) is 10.6 Å². The average Bonchev–Trinajstić information content (AvgIpc) is 3.19. The lowest BCUT2D eigenvalue weighted by Gasteiger charge is -2.29. The van der Waals surface area contributed by atoms with Gasteiger partial charge in [0.1, 0.15) is 11.1 Å². The number of hydrogen-bond donors (Lipinski definition) is 3. The number of hydrogen-bond acceptors (Lipinski definition) is 8. The number of nitrogens with one attached hydrogen (secondary N) is 2. The van der Waals surface area contributed by atoms with Crippen molar-refractivity contribution >= 4 is 39.0 Å². The van der Waals surface area contributed by atoms with Crippen molar-refractivity contribution in [2.75, 3.05) is 11.9 Å². The molecule has 37 heavy (non-hydrogen) atoms. The van der Waals surface area contributed by atoms with E-state index in [1.807, 2.05) is 0 Å². The lowest BCUT2D eigenvalue weighted by Crippen LogP contribution is -2.43. The predicted molar refractivity (Wildman–Crippen MR) is 143 cm³/mol. The van der Waals surface area contributed by atoms with Crippen molar-refractivity contribution in [3.63, 3.8) is 0 Å². The van der Waals surface area contributed by atoms with Gasteiger partial charge in [0, 0.05) is 34.6 Å². The fraction of sp³-hybridized carbons (Fsp3) is 0.560. The Balaban J connectivity index is 1.99. The maximum Gasteiger partial charge on any atom is 0.411 e. The van der Waals surface area contributed by atoms with E-state index in [0.717, 1.165) is 10.6 Å². The second-order valence-corrected chi connectivity index (χ2v) is 13.5. The molecule has 1 aliphatic rings. The molecule has 1 atom stereocenters. The molecule has 0 aliphatic carbocycles. The number of fused-ring (bicyclic) bond motifs is 1. The van der Waals surface area contributed by atoms with E-state index in [-0.39, 0.29) is 28.5 Å². The van der Waals surface area contributed by atoms with Gasteiger partial charge in [0.15, 0.2) is 0 Å². The van der Waals surface area contributed by atoms with Crippen LogP contribution in [0.1, 0.15) is 59.0 Å². The van der Waals surface area contributed by atoms with E-state index >= 15 is 0 Å². The summed E-state index contributed by atoms with van der Waals surface area (Å²) >= 11 is 1.32. The van der Waals surface area contributed by atoms with Gasteiger partial charge in [0.2, 0.25) is 10.0 Å². The van der Waals surface area contributed by atoms with E-state index < -0.39 is 27.8 Å². The summed E-state index contributed by atoms with van der Waals surface area (Å²) in [4.78, 5) is 31.9. The summed E-state index contributed by atoms with van der Waals surface area (Å²) in [6.45, 7) is 13.0. The number of nitrogens with zero attached hydrogens (tertiary/aromatic N) is 2. The van der Waals surface area contributed by atoms with Gasteiger partial charge in [0.05, 0.1) is 23.2 Å². The van der Waals surface area contributed by atoms with Gasteiger partial charge >= 0.3 is 6.09 Å². The van der Waals surface area contributed by atoms with Crippen LogP contribution >= 0.6 is 11.3 Å². The van der Waals surface area contributed by atoms with Crippen LogP contribution in [0.3, 0.4) is 0 Å². The summed E-state index contributed by atoms with van der Waals surface area (Å²) in [6.07, 6.45) is -1.59. The molecule has 12 heteroatoms. The number of carbonyl (C=O) groups is 2. The van der Waals surface area contributed by atoms with Crippen LogP contribution in [-0.2, 0) is 32.5 Å². The highest BCUT2D eigenvalue weighted by atomic mass is 32.2. The first-order valence-corrected chi connectivity index (χ1v) is 14.5. The highest BCUT2D eigenvalue weighted by molar-refractivity contribution is 7.89. The second-order valence-electron chi connectivity index (χ2n) is 10.7. The van der Waals surface area contributed by atoms with Gasteiger partial charge in [0.25, 0.3) is 5.91 Å². The van der Waals surface area contributed by atoms with E-state index in [4.69, 9.17) is 9.72 Å². The highest BCUT2D eigenvalue weighted by Crippen LogP contribution is 2.37. The Morgan fingerprint density at radius 1 is 1.19 bits per heavy atom. The summed E-state index contributed by atoms with van der Waals surface area (Å²) in [5.41, 5.74) is 0.720. The third-order valence-electron chi connectivity index (χ3n) is 5.46. The number of aromatic nitrogens is 1. The summed E-state index contributed by atoms with van der Waals surface area (Å²) in [5, 5.41) is 13.3. The Morgan fingerprint density at radius 3 is 2.46 bits per heavy atom. The molecule has 0 bridgehead atoms. The Labute approximate surface area is 222 Å². The minimum atomic E-state index is -4.00. The molecule has 10 nitrogen and oxygen atoms in total. The van der Waals surface area contributed by atoms with E-state index in [1.165, 1.54) is 17.4 Å². The minimum absolute atomic E-state index is 0.0287. The second kappa shape index (κ2) is 11.1. The van der Waals surface area contributed by atoms with Crippen molar-refractivity contribution in [2.45, 2.75) is 84.1 Å². The largest absolute Gasteiger partial charge is 0.447 e. The molecule has 1 aliphatic heterocycles. The number of ether oxygens (including phenoxy) is 1. The van der Waals surface area contributed by atoms with Gasteiger partial charge in [-0.1, -0.05) is 13.8 Å². The molecule has 1 aromatic heterocycles. The number of carbonyl (C=O) groups excluding carboxylic acids is 2. The molecule has 1 unspecified atom stereocenters. The summed E-state index contributed by atoms with van der Waals surface area (Å²) < 4.78 is 34.6. The lowest BCUT2D eigenvalue weighted by molar-refractivity contribution is -0.143. The fourth-order valence-corrected chi connectivity index (χ4v) is 6.67. The molecule has 0 fully saturated rings. The number of sulfonamides is 1. The summed E-state index contributed by atoms with van der Waals surface area (Å²) in [5.74, 6) is -0.518. The van der Waals surface area contributed by atoms with Gasteiger partial charge in [-0.2, -0.15) is 0 Å². The van der Waals surface area contributed by atoms with E-state index in [2.05, 4.69) is 10.0 Å². The van der Waals surface area contributed by atoms with Crippen molar-refractivity contribution in [1.82, 2.24) is 14.6 Å². The molecule has 3 N–H and O–H groups in total. The molecule has 2 heterocycles. The van der Waals surface area contributed by atoms with Crippen molar-refractivity contribution in [2.24, 2.45) is 5.92 Å². The van der Waals surface area contributed by atoms with Crippen LogP contribution < -0.4 is 10.0 Å². The maximum absolute atomic E-state index is 13.4. The first kappa shape index (κ1) is 29.0. The standard InChI is InChI=1S/C25H36N4O6S2/c1-14(2)21(30)23(31)29-11-10-18-19(13-29)36-22(27-18)17-9-8-16(26-24(32)35-15(3)4)12-20(17)37(33,34)28-25(5,6)7/h8-9,12,14-15,21,28,30H,10-11,13H2,1-7H3,(H,26,32).